The molecule has 1 aromatic rings. The Labute approximate surface area is 97.9 Å². The molecule has 96 valence electrons. The van der Waals surface area contributed by atoms with Gasteiger partial charge >= 0.3 is 0 Å². The number of anilines is 1. The summed E-state index contributed by atoms with van der Waals surface area (Å²) >= 11 is 0. The van der Waals surface area contributed by atoms with E-state index in [1.165, 1.54) is 0 Å². The minimum atomic E-state index is -3.99. The SMILES string of the molecule is Nc1ccc(S(=O)(=O)NC(CO)CO)cc1F. The van der Waals surface area contributed by atoms with E-state index in [1.807, 2.05) is 4.72 Å². The first kappa shape index (κ1) is 13.8. The fourth-order valence-electron chi connectivity index (χ4n) is 1.09. The number of aliphatic hydroxyl groups excluding tert-OH is 2. The third-order valence-corrected chi connectivity index (χ3v) is 3.56. The van der Waals surface area contributed by atoms with Gasteiger partial charge in [-0.05, 0) is 18.2 Å². The van der Waals surface area contributed by atoms with E-state index in [2.05, 4.69) is 0 Å². The number of nitrogen functional groups attached to an aromatic ring is 1. The summed E-state index contributed by atoms with van der Waals surface area (Å²) in [6.45, 7) is -1.12. The van der Waals surface area contributed by atoms with E-state index in [1.54, 1.807) is 0 Å². The van der Waals surface area contributed by atoms with Crippen LogP contribution in [0.4, 0.5) is 10.1 Å². The highest BCUT2D eigenvalue weighted by Crippen LogP contribution is 2.16. The van der Waals surface area contributed by atoms with Crippen LogP contribution in [0.25, 0.3) is 0 Å². The number of nitrogens with one attached hydrogen (secondary N) is 1. The summed E-state index contributed by atoms with van der Waals surface area (Å²) in [4.78, 5) is -0.323. The van der Waals surface area contributed by atoms with Gasteiger partial charge in [-0.1, -0.05) is 0 Å². The van der Waals surface area contributed by atoms with Crippen LogP contribution in [-0.2, 0) is 10.0 Å². The molecule has 0 aromatic heterocycles. The van der Waals surface area contributed by atoms with Crippen LogP contribution in [0.3, 0.4) is 0 Å². The summed E-state index contributed by atoms with van der Waals surface area (Å²) in [5.41, 5.74) is 5.05. The van der Waals surface area contributed by atoms with Gasteiger partial charge in [-0.25, -0.2) is 17.5 Å². The molecule has 6 nitrogen and oxygen atoms in total. The molecule has 5 N–H and O–H groups in total. The lowest BCUT2D eigenvalue weighted by atomic mass is 10.3. The van der Waals surface area contributed by atoms with Crippen LogP contribution in [0.15, 0.2) is 23.1 Å². The van der Waals surface area contributed by atoms with Crippen molar-refractivity contribution < 1.29 is 23.0 Å². The molecule has 0 atom stereocenters. The van der Waals surface area contributed by atoms with Crippen molar-refractivity contribution in [2.75, 3.05) is 18.9 Å². The standard InChI is InChI=1S/C9H13FN2O4S/c10-8-3-7(1-2-9(8)11)17(15,16)12-6(4-13)5-14/h1-3,6,12-14H,4-5,11H2. The van der Waals surface area contributed by atoms with Crippen LogP contribution >= 0.6 is 0 Å². The molecule has 0 unspecified atom stereocenters. The van der Waals surface area contributed by atoms with Crippen LogP contribution in [0.5, 0.6) is 0 Å². The third kappa shape index (κ3) is 3.37. The lowest BCUT2D eigenvalue weighted by molar-refractivity contribution is 0.185. The van der Waals surface area contributed by atoms with Crippen molar-refractivity contribution in [3.63, 3.8) is 0 Å². The van der Waals surface area contributed by atoms with Gasteiger partial charge in [0.15, 0.2) is 0 Å². The highest BCUT2D eigenvalue weighted by molar-refractivity contribution is 7.89. The largest absolute Gasteiger partial charge is 0.396 e. The fraction of sp³-hybridized carbons (Fsp3) is 0.333. The van der Waals surface area contributed by atoms with E-state index >= 15 is 0 Å². The Morgan fingerprint density at radius 2 is 1.94 bits per heavy atom. The molecule has 0 fully saturated rings. The van der Waals surface area contributed by atoms with Gasteiger partial charge in [0.1, 0.15) is 5.82 Å². The summed E-state index contributed by atoms with van der Waals surface area (Å²) in [7, 11) is -3.99. The second-order valence-corrected chi connectivity index (χ2v) is 5.08. The monoisotopic (exact) mass is 264 g/mol. The zero-order valence-electron chi connectivity index (χ0n) is 8.80. The molecule has 0 amide bonds. The molecule has 0 aliphatic heterocycles. The summed E-state index contributed by atoms with van der Waals surface area (Å²) < 4.78 is 38.5. The smallest absolute Gasteiger partial charge is 0.241 e. The highest BCUT2D eigenvalue weighted by atomic mass is 32.2. The predicted molar refractivity (Wildman–Crippen MR) is 59.1 cm³/mol. The maximum atomic E-state index is 13.1. The lowest BCUT2D eigenvalue weighted by Crippen LogP contribution is -2.40. The second-order valence-electron chi connectivity index (χ2n) is 3.37. The fourth-order valence-corrected chi connectivity index (χ4v) is 2.32. The van der Waals surface area contributed by atoms with E-state index < -0.39 is 35.1 Å². The van der Waals surface area contributed by atoms with Crippen molar-refractivity contribution in [1.82, 2.24) is 4.72 Å². The predicted octanol–water partition coefficient (Wildman–Crippen LogP) is -0.961. The van der Waals surface area contributed by atoms with Gasteiger partial charge in [-0.2, -0.15) is 0 Å². The number of aliphatic hydroxyl groups is 2. The zero-order chi connectivity index (χ0) is 13.1. The van der Waals surface area contributed by atoms with E-state index in [0.717, 1.165) is 18.2 Å². The molecular weight excluding hydrogens is 251 g/mol. The first-order valence-electron chi connectivity index (χ1n) is 4.69. The van der Waals surface area contributed by atoms with Gasteiger partial charge in [0, 0.05) is 0 Å². The topological polar surface area (TPSA) is 113 Å². The van der Waals surface area contributed by atoms with Crippen molar-refractivity contribution in [2.24, 2.45) is 0 Å². The Kier molecular flexibility index (Phi) is 4.40. The number of nitrogens with two attached hydrogens (primary N) is 1. The number of hydrogen-bond acceptors (Lipinski definition) is 5. The first-order chi connectivity index (χ1) is 7.90. The summed E-state index contributed by atoms with van der Waals surface area (Å²) in [6, 6.07) is 1.99. The van der Waals surface area contributed by atoms with Gasteiger partial charge in [0.25, 0.3) is 0 Å². The Hall–Kier alpha value is -1.22. The molecule has 0 saturated heterocycles. The van der Waals surface area contributed by atoms with Gasteiger partial charge < -0.3 is 15.9 Å². The number of benzene rings is 1. The van der Waals surface area contributed by atoms with Gasteiger partial charge in [-0.3, -0.25) is 0 Å². The van der Waals surface area contributed by atoms with E-state index in [-0.39, 0.29) is 10.6 Å². The van der Waals surface area contributed by atoms with Crippen molar-refractivity contribution in [3.8, 4) is 0 Å². The lowest BCUT2D eigenvalue weighted by Gasteiger charge is -2.13. The van der Waals surface area contributed by atoms with Crippen LogP contribution in [-0.4, -0.2) is 37.9 Å². The normalized spacial score (nSPS) is 12.0. The molecule has 0 saturated carbocycles. The first-order valence-corrected chi connectivity index (χ1v) is 6.18. The Bertz CT molecular complexity index is 488. The Balaban J connectivity index is 3.01. The van der Waals surface area contributed by atoms with Crippen LogP contribution in [0.1, 0.15) is 0 Å². The van der Waals surface area contributed by atoms with Crippen molar-refractivity contribution in [3.05, 3.63) is 24.0 Å². The average Bonchev–Trinajstić information content (AvgIpc) is 2.29. The quantitative estimate of drug-likeness (QED) is 0.512. The third-order valence-electron chi connectivity index (χ3n) is 2.04. The molecule has 0 aliphatic carbocycles. The maximum absolute atomic E-state index is 13.1. The van der Waals surface area contributed by atoms with Crippen LogP contribution in [0, 0.1) is 5.82 Å². The Morgan fingerprint density at radius 1 is 1.35 bits per heavy atom. The average molecular weight is 264 g/mol. The molecular formula is C9H13FN2O4S. The van der Waals surface area contributed by atoms with Crippen molar-refractivity contribution in [1.29, 1.82) is 0 Å². The van der Waals surface area contributed by atoms with Gasteiger partial charge in [0.05, 0.1) is 29.8 Å². The molecule has 0 radical (unpaired) electrons. The number of halogens is 1. The molecule has 0 heterocycles. The molecule has 17 heavy (non-hydrogen) atoms. The molecule has 0 aliphatic rings. The molecule has 1 rings (SSSR count). The molecule has 0 bridgehead atoms. The van der Waals surface area contributed by atoms with Crippen LogP contribution in [0.2, 0.25) is 0 Å². The summed E-state index contributed by atoms with van der Waals surface area (Å²) in [6.07, 6.45) is 0. The van der Waals surface area contributed by atoms with Gasteiger partial charge in [0.2, 0.25) is 10.0 Å². The maximum Gasteiger partial charge on any atom is 0.241 e. The van der Waals surface area contributed by atoms with Gasteiger partial charge in [-0.15, -0.1) is 0 Å². The summed E-state index contributed by atoms with van der Waals surface area (Å²) in [5.74, 6) is -0.850. The highest BCUT2D eigenvalue weighted by Gasteiger charge is 2.20. The van der Waals surface area contributed by atoms with E-state index in [4.69, 9.17) is 15.9 Å². The second kappa shape index (κ2) is 5.41. The van der Waals surface area contributed by atoms with E-state index in [0.29, 0.717) is 0 Å². The van der Waals surface area contributed by atoms with Crippen molar-refractivity contribution >= 4 is 15.7 Å². The Morgan fingerprint density at radius 3 is 2.41 bits per heavy atom. The number of sulfonamides is 1. The van der Waals surface area contributed by atoms with E-state index in [9.17, 15) is 12.8 Å². The molecule has 1 aromatic carbocycles. The molecule has 0 spiro atoms. The minimum absolute atomic E-state index is 0.162. The minimum Gasteiger partial charge on any atom is -0.396 e. The van der Waals surface area contributed by atoms with Crippen LogP contribution < -0.4 is 10.5 Å². The van der Waals surface area contributed by atoms with Crippen molar-refractivity contribution in [2.45, 2.75) is 10.9 Å². The zero-order valence-corrected chi connectivity index (χ0v) is 9.61. The molecule has 8 heteroatoms. The number of hydrogen-bond donors (Lipinski definition) is 4. The summed E-state index contributed by atoms with van der Waals surface area (Å²) in [5, 5.41) is 17.5. The number of rotatable bonds is 5.